The van der Waals surface area contributed by atoms with Crippen LogP contribution in [0.5, 0.6) is 5.75 Å². The van der Waals surface area contributed by atoms with E-state index in [0.717, 1.165) is 16.9 Å². The lowest BCUT2D eigenvalue weighted by Gasteiger charge is -2.20. The highest BCUT2D eigenvalue weighted by Crippen LogP contribution is 2.25. The molecule has 0 fully saturated rings. The minimum atomic E-state index is -0.241. The number of benzene rings is 2. The maximum Gasteiger partial charge on any atom is 0.167 e. The number of ether oxygens (including phenoxy) is 1. The van der Waals surface area contributed by atoms with Gasteiger partial charge < -0.3 is 15.4 Å². The second kappa shape index (κ2) is 7.92. The van der Waals surface area contributed by atoms with Crippen LogP contribution < -0.4 is 15.4 Å². The SMILES string of the molecule is COc1ccc(C)cc1[C@H](C)NC(=S)NCc1ccc(F)cc1. The molecule has 0 saturated heterocycles. The summed E-state index contributed by atoms with van der Waals surface area (Å²) in [7, 11) is 1.66. The van der Waals surface area contributed by atoms with E-state index in [2.05, 4.69) is 16.7 Å². The van der Waals surface area contributed by atoms with Crippen LogP contribution in [0.1, 0.15) is 29.7 Å². The fraction of sp³-hybridized carbons (Fsp3) is 0.278. The van der Waals surface area contributed by atoms with Crippen LogP contribution in [-0.2, 0) is 6.54 Å². The Balaban J connectivity index is 1.94. The summed E-state index contributed by atoms with van der Waals surface area (Å²) >= 11 is 5.33. The number of thiocarbonyl (C=S) groups is 1. The van der Waals surface area contributed by atoms with Crippen molar-refractivity contribution in [3.8, 4) is 5.75 Å². The standard InChI is InChI=1S/C18H21FN2OS/c1-12-4-9-17(22-3)16(10-12)13(2)21-18(23)20-11-14-5-7-15(19)8-6-14/h4-10,13H,11H2,1-3H3,(H2,20,21,23)/t13-/m0/s1. The van der Waals surface area contributed by atoms with Crippen molar-refractivity contribution in [1.29, 1.82) is 0 Å². The molecule has 2 N–H and O–H groups in total. The normalized spacial score (nSPS) is 11.7. The molecule has 5 heteroatoms. The van der Waals surface area contributed by atoms with Gasteiger partial charge in [-0.1, -0.05) is 29.8 Å². The van der Waals surface area contributed by atoms with E-state index in [4.69, 9.17) is 17.0 Å². The number of aryl methyl sites for hydroxylation is 1. The Kier molecular flexibility index (Phi) is 5.93. The number of rotatable bonds is 5. The van der Waals surface area contributed by atoms with Gasteiger partial charge in [-0.2, -0.15) is 0 Å². The van der Waals surface area contributed by atoms with Crippen LogP contribution in [0.3, 0.4) is 0 Å². The van der Waals surface area contributed by atoms with Crippen molar-refractivity contribution >= 4 is 17.3 Å². The van der Waals surface area contributed by atoms with E-state index in [-0.39, 0.29) is 11.9 Å². The second-order valence-corrected chi connectivity index (χ2v) is 5.83. The Morgan fingerprint density at radius 2 is 1.91 bits per heavy atom. The smallest absolute Gasteiger partial charge is 0.167 e. The molecule has 0 aromatic heterocycles. The molecule has 23 heavy (non-hydrogen) atoms. The van der Waals surface area contributed by atoms with Gasteiger partial charge in [-0.05, 0) is 49.8 Å². The Morgan fingerprint density at radius 3 is 2.57 bits per heavy atom. The molecule has 122 valence electrons. The lowest BCUT2D eigenvalue weighted by molar-refractivity contribution is 0.405. The van der Waals surface area contributed by atoms with Crippen molar-refractivity contribution in [3.63, 3.8) is 0 Å². The zero-order valence-corrected chi connectivity index (χ0v) is 14.3. The van der Waals surface area contributed by atoms with E-state index in [1.54, 1.807) is 19.2 Å². The maximum absolute atomic E-state index is 12.9. The summed E-state index contributed by atoms with van der Waals surface area (Å²) < 4.78 is 18.3. The predicted molar refractivity (Wildman–Crippen MR) is 95.1 cm³/mol. The Bertz CT molecular complexity index is 673. The van der Waals surface area contributed by atoms with E-state index in [9.17, 15) is 4.39 Å². The first kappa shape index (κ1) is 17.2. The molecule has 0 aliphatic rings. The zero-order chi connectivity index (χ0) is 16.8. The van der Waals surface area contributed by atoms with Crippen LogP contribution in [0.2, 0.25) is 0 Å². The molecule has 0 aliphatic carbocycles. The molecule has 0 radical (unpaired) electrons. The highest BCUT2D eigenvalue weighted by Gasteiger charge is 2.12. The second-order valence-electron chi connectivity index (χ2n) is 5.42. The molecule has 0 aliphatic heterocycles. The van der Waals surface area contributed by atoms with E-state index < -0.39 is 0 Å². The summed E-state index contributed by atoms with van der Waals surface area (Å²) in [5.74, 6) is 0.589. The van der Waals surface area contributed by atoms with Crippen molar-refractivity contribution in [1.82, 2.24) is 10.6 Å². The Hall–Kier alpha value is -2.14. The predicted octanol–water partition coefficient (Wildman–Crippen LogP) is 3.87. The van der Waals surface area contributed by atoms with Gasteiger partial charge in [-0.15, -0.1) is 0 Å². The molecule has 0 heterocycles. The average Bonchev–Trinajstić information content (AvgIpc) is 2.54. The fourth-order valence-electron chi connectivity index (χ4n) is 2.30. The van der Waals surface area contributed by atoms with Gasteiger partial charge in [0.2, 0.25) is 0 Å². The first-order valence-electron chi connectivity index (χ1n) is 7.43. The molecule has 2 rings (SSSR count). The number of hydrogen-bond acceptors (Lipinski definition) is 2. The molecule has 1 atom stereocenters. The zero-order valence-electron chi connectivity index (χ0n) is 13.5. The third-order valence-corrected chi connectivity index (χ3v) is 3.83. The lowest BCUT2D eigenvalue weighted by atomic mass is 10.0. The lowest BCUT2D eigenvalue weighted by Crippen LogP contribution is -2.36. The Labute approximate surface area is 141 Å². The largest absolute Gasteiger partial charge is 0.496 e. The maximum atomic E-state index is 12.9. The number of hydrogen-bond donors (Lipinski definition) is 2. The highest BCUT2D eigenvalue weighted by atomic mass is 32.1. The molecule has 3 nitrogen and oxygen atoms in total. The molecular formula is C18H21FN2OS. The van der Waals surface area contributed by atoms with Crippen LogP contribution in [-0.4, -0.2) is 12.2 Å². The third-order valence-electron chi connectivity index (χ3n) is 3.57. The quantitative estimate of drug-likeness (QED) is 0.815. The summed E-state index contributed by atoms with van der Waals surface area (Å²) in [6.45, 7) is 4.62. The molecule has 0 spiro atoms. The Morgan fingerprint density at radius 1 is 1.22 bits per heavy atom. The number of methoxy groups -OCH3 is 1. The van der Waals surface area contributed by atoms with E-state index in [0.29, 0.717) is 11.7 Å². The summed E-state index contributed by atoms with van der Waals surface area (Å²) in [4.78, 5) is 0. The van der Waals surface area contributed by atoms with Crippen molar-refractivity contribution < 1.29 is 9.13 Å². The molecule has 0 bridgehead atoms. The van der Waals surface area contributed by atoms with Gasteiger partial charge in [0.1, 0.15) is 11.6 Å². The van der Waals surface area contributed by atoms with Crippen molar-refractivity contribution in [3.05, 3.63) is 65.0 Å². The van der Waals surface area contributed by atoms with Crippen LogP contribution in [0.15, 0.2) is 42.5 Å². The third kappa shape index (κ3) is 4.93. The molecular weight excluding hydrogens is 311 g/mol. The van der Waals surface area contributed by atoms with Crippen LogP contribution >= 0.6 is 12.2 Å². The summed E-state index contributed by atoms with van der Waals surface area (Å²) in [5, 5.41) is 6.92. The fourth-order valence-corrected chi connectivity index (χ4v) is 2.55. The number of halogens is 1. The molecule has 2 aromatic rings. The summed E-state index contributed by atoms with van der Waals surface area (Å²) in [5.41, 5.74) is 3.19. The van der Waals surface area contributed by atoms with E-state index >= 15 is 0 Å². The van der Waals surface area contributed by atoms with E-state index in [1.807, 2.05) is 26.0 Å². The topological polar surface area (TPSA) is 33.3 Å². The first-order chi connectivity index (χ1) is 11.0. The van der Waals surface area contributed by atoms with Gasteiger partial charge >= 0.3 is 0 Å². The highest BCUT2D eigenvalue weighted by molar-refractivity contribution is 7.80. The molecule has 2 aromatic carbocycles. The van der Waals surface area contributed by atoms with Gasteiger partial charge in [0.25, 0.3) is 0 Å². The minimum Gasteiger partial charge on any atom is -0.496 e. The van der Waals surface area contributed by atoms with Crippen LogP contribution in [0, 0.1) is 12.7 Å². The van der Waals surface area contributed by atoms with Crippen molar-refractivity contribution in [2.75, 3.05) is 7.11 Å². The van der Waals surface area contributed by atoms with Crippen molar-refractivity contribution in [2.45, 2.75) is 26.4 Å². The van der Waals surface area contributed by atoms with Gasteiger partial charge in [-0.3, -0.25) is 0 Å². The average molecular weight is 332 g/mol. The van der Waals surface area contributed by atoms with Crippen molar-refractivity contribution in [2.24, 2.45) is 0 Å². The first-order valence-corrected chi connectivity index (χ1v) is 7.83. The van der Waals surface area contributed by atoms with Gasteiger partial charge in [0, 0.05) is 12.1 Å². The summed E-state index contributed by atoms with van der Waals surface area (Å²) in [6, 6.07) is 12.4. The number of nitrogens with one attached hydrogen (secondary N) is 2. The van der Waals surface area contributed by atoms with Crippen LogP contribution in [0.4, 0.5) is 4.39 Å². The molecule has 0 unspecified atom stereocenters. The van der Waals surface area contributed by atoms with Gasteiger partial charge in [0.05, 0.1) is 13.2 Å². The minimum absolute atomic E-state index is 0.0121. The van der Waals surface area contributed by atoms with Gasteiger partial charge in [0.15, 0.2) is 5.11 Å². The van der Waals surface area contributed by atoms with Crippen LogP contribution in [0.25, 0.3) is 0 Å². The van der Waals surface area contributed by atoms with E-state index in [1.165, 1.54) is 17.7 Å². The monoisotopic (exact) mass is 332 g/mol. The van der Waals surface area contributed by atoms with Gasteiger partial charge in [-0.25, -0.2) is 4.39 Å². The summed E-state index contributed by atoms with van der Waals surface area (Å²) in [6.07, 6.45) is 0. The molecule has 0 saturated carbocycles. The molecule has 0 amide bonds.